The molecule has 3 nitrogen and oxygen atoms in total. The highest BCUT2D eigenvalue weighted by molar-refractivity contribution is 5.62. The predicted octanol–water partition coefficient (Wildman–Crippen LogP) is 0.669. The second-order valence-electron chi connectivity index (χ2n) is 2.35. The topological polar surface area (TPSA) is 52.2 Å². The first-order valence-corrected chi connectivity index (χ1v) is 3.45. The molecular formula is C8H6F2NO2-. The van der Waals surface area contributed by atoms with Gasteiger partial charge in [-0.15, -0.1) is 0 Å². The maximum Gasteiger partial charge on any atom is 0.351 e. The number of carbonyl (C=O) groups excluding carboxylic acids is 1. The van der Waals surface area contributed by atoms with E-state index in [-0.39, 0.29) is 0 Å². The highest BCUT2D eigenvalue weighted by atomic mass is 19.3. The fraction of sp³-hybridized carbons (Fsp3) is 0.125. The molecule has 0 spiro atoms. The maximum absolute atomic E-state index is 12.9. The second-order valence-corrected chi connectivity index (χ2v) is 2.35. The van der Waals surface area contributed by atoms with Crippen LogP contribution in [0.3, 0.4) is 0 Å². The van der Waals surface area contributed by atoms with Crippen LogP contribution in [-0.4, -0.2) is 6.09 Å². The fourth-order valence-electron chi connectivity index (χ4n) is 0.848. The zero-order valence-corrected chi connectivity index (χ0v) is 6.46. The third-order valence-electron chi connectivity index (χ3n) is 1.40. The van der Waals surface area contributed by atoms with E-state index in [9.17, 15) is 18.7 Å². The number of carboxylic acid groups (broad SMARTS) is 1. The van der Waals surface area contributed by atoms with E-state index in [0.717, 1.165) is 17.4 Å². The van der Waals surface area contributed by atoms with Gasteiger partial charge in [-0.1, -0.05) is 30.3 Å². The van der Waals surface area contributed by atoms with Crippen LogP contribution in [0.5, 0.6) is 0 Å². The molecule has 0 saturated carbocycles. The van der Waals surface area contributed by atoms with Crippen molar-refractivity contribution in [3.8, 4) is 0 Å². The molecule has 0 aliphatic carbocycles. The van der Waals surface area contributed by atoms with Crippen LogP contribution in [0.1, 0.15) is 5.56 Å². The molecule has 0 aliphatic rings. The molecule has 1 N–H and O–H groups in total. The first kappa shape index (κ1) is 9.44. The smallest absolute Gasteiger partial charge is 0.351 e. The molecule has 0 aliphatic heterocycles. The number of nitrogens with one attached hydrogen (secondary N) is 1. The minimum atomic E-state index is -3.60. The van der Waals surface area contributed by atoms with Crippen LogP contribution in [-0.2, 0) is 6.05 Å². The summed E-state index contributed by atoms with van der Waals surface area (Å²) in [6.07, 6.45) is -2.01. The largest absolute Gasteiger partial charge is 0.530 e. The van der Waals surface area contributed by atoms with Crippen LogP contribution in [0, 0.1) is 0 Å². The van der Waals surface area contributed by atoms with Gasteiger partial charge in [-0.25, -0.2) is 0 Å². The van der Waals surface area contributed by atoms with Gasteiger partial charge in [0, 0.05) is 5.56 Å². The normalized spacial score (nSPS) is 10.9. The van der Waals surface area contributed by atoms with Crippen LogP contribution in [0.2, 0.25) is 0 Å². The number of benzene rings is 1. The molecule has 0 radical (unpaired) electrons. The van der Waals surface area contributed by atoms with E-state index in [4.69, 9.17) is 0 Å². The van der Waals surface area contributed by atoms with E-state index >= 15 is 0 Å². The van der Waals surface area contributed by atoms with Crippen molar-refractivity contribution in [3.05, 3.63) is 35.9 Å². The van der Waals surface area contributed by atoms with Crippen molar-refractivity contribution in [2.75, 3.05) is 0 Å². The average Bonchev–Trinajstić information content (AvgIpc) is 2.04. The fourth-order valence-corrected chi connectivity index (χ4v) is 0.848. The van der Waals surface area contributed by atoms with E-state index < -0.39 is 17.7 Å². The molecule has 1 aromatic rings. The molecule has 1 amide bonds. The molecule has 13 heavy (non-hydrogen) atoms. The summed E-state index contributed by atoms with van der Waals surface area (Å²) >= 11 is 0. The molecule has 1 aromatic carbocycles. The van der Waals surface area contributed by atoms with Crippen molar-refractivity contribution in [1.82, 2.24) is 5.32 Å². The van der Waals surface area contributed by atoms with E-state index in [0.29, 0.717) is 0 Å². The van der Waals surface area contributed by atoms with E-state index in [2.05, 4.69) is 0 Å². The third kappa shape index (κ3) is 2.40. The van der Waals surface area contributed by atoms with Crippen LogP contribution in [0.15, 0.2) is 30.3 Å². The van der Waals surface area contributed by atoms with Crippen LogP contribution in [0.4, 0.5) is 13.6 Å². The average molecular weight is 186 g/mol. The Labute approximate surface area is 73.0 Å². The van der Waals surface area contributed by atoms with Crippen molar-refractivity contribution in [2.45, 2.75) is 6.05 Å². The summed E-state index contributed by atoms with van der Waals surface area (Å²) in [6.45, 7) is 0. The van der Waals surface area contributed by atoms with Crippen molar-refractivity contribution in [1.29, 1.82) is 0 Å². The maximum atomic E-state index is 12.9. The first-order chi connectivity index (χ1) is 6.02. The molecule has 0 bridgehead atoms. The monoisotopic (exact) mass is 186 g/mol. The van der Waals surface area contributed by atoms with Gasteiger partial charge in [0.15, 0.2) is 0 Å². The Hall–Kier alpha value is -1.65. The lowest BCUT2D eigenvalue weighted by atomic mass is 10.2. The summed E-state index contributed by atoms with van der Waals surface area (Å²) in [4.78, 5) is 9.89. The summed E-state index contributed by atoms with van der Waals surface area (Å²) in [5, 5.41) is 10.9. The Morgan fingerprint density at radius 3 is 2.31 bits per heavy atom. The lowest BCUT2D eigenvalue weighted by Crippen LogP contribution is -2.46. The zero-order chi connectivity index (χ0) is 9.90. The summed E-state index contributed by atoms with van der Waals surface area (Å²) in [5.74, 6) is 0. The molecule has 1 rings (SSSR count). The molecule has 5 heteroatoms. The number of rotatable bonds is 2. The van der Waals surface area contributed by atoms with Gasteiger partial charge < -0.3 is 15.2 Å². The SMILES string of the molecule is O=C([O-])NC(F)(F)c1ccccc1. The van der Waals surface area contributed by atoms with Gasteiger partial charge in [0.1, 0.15) is 6.09 Å². The highest BCUT2D eigenvalue weighted by Crippen LogP contribution is 2.23. The first-order valence-electron chi connectivity index (χ1n) is 3.45. The number of carbonyl (C=O) groups is 1. The Bertz CT molecular complexity index is 300. The van der Waals surface area contributed by atoms with E-state index in [1.54, 1.807) is 6.07 Å². The Morgan fingerprint density at radius 1 is 1.31 bits per heavy atom. The molecule has 0 fully saturated rings. The number of hydrogen-bond donors (Lipinski definition) is 1. The molecule has 0 saturated heterocycles. The van der Waals surface area contributed by atoms with Gasteiger partial charge in [0.25, 0.3) is 0 Å². The summed E-state index contributed by atoms with van der Waals surface area (Å²) in [5.41, 5.74) is -0.417. The van der Waals surface area contributed by atoms with Gasteiger partial charge in [-0.3, -0.25) is 0 Å². The van der Waals surface area contributed by atoms with Gasteiger partial charge in [0.2, 0.25) is 0 Å². The van der Waals surface area contributed by atoms with E-state index in [1.165, 1.54) is 12.1 Å². The van der Waals surface area contributed by atoms with E-state index in [1.807, 2.05) is 0 Å². The third-order valence-corrected chi connectivity index (χ3v) is 1.40. The number of alkyl halides is 2. The van der Waals surface area contributed by atoms with Crippen molar-refractivity contribution >= 4 is 6.09 Å². The van der Waals surface area contributed by atoms with Gasteiger partial charge in [-0.2, -0.15) is 8.78 Å². The van der Waals surface area contributed by atoms with Crippen LogP contribution < -0.4 is 10.4 Å². The predicted molar refractivity (Wildman–Crippen MR) is 38.9 cm³/mol. The van der Waals surface area contributed by atoms with Crippen LogP contribution >= 0.6 is 0 Å². The minimum Gasteiger partial charge on any atom is -0.530 e. The molecule has 0 aromatic heterocycles. The van der Waals surface area contributed by atoms with Gasteiger partial charge >= 0.3 is 6.05 Å². The van der Waals surface area contributed by atoms with Crippen molar-refractivity contribution in [2.24, 2.45) is 0 Å². The quantitative estimate of drug-likeness (QED) is 0.690. The molecule has 0 unspecified atom stereocenters. The number of hydrogen-bond acceptors (Lipinski definition) is 2. The van der Waals surface area contributed by atoms with Crippen molar-refractivity contribution < 1.29 is 18.7 Å². The number of halogens is 2. The molecular weight excluding hydrogens is 180 g/mol. The molecule has 0 heterocycles. The Kier molecular flexibility index (Phi) is 2.46. The Balaban J connectivity index is 2.87. The Morgan fingerprint density at radius 2 is 1.85 bits per heavy atom. The molecule has 70 valence electrons. The summed E-state index contributed by atoms with van der Waals surface area (Å²) in [7, 11) is 0. The minimum absolute atomic E-state index is 0.417. The van der Waals surface area contributed by atoms with Gasteiger partial charge in [0.05, 0.1) is 0 Å². The lowest BCUT2D eigenvalue weighted by molar-refractivity contribution is -0.260. The number of amides is 1. The second kappa shape index (κ2) is 3.38. The highest BCUT2D eigenvalue weighted by Gasteiger charge is 2.30. The van der Waals surface area contributed by atoms with Crippen LogP contribution in [0.25, 0.3) is 0 Å². The van der Waals surface area contributed by atoms with Crippen molar-refractivity contribution in [3.63, 3.8) is 0 Å². The standard InChI is InChI=1S/C8H7F2NO2/c9-8(10,11-7(12)13)6-4-2-1-3-5-6/h1-5,11H,(H,12,13)/p-1. The van der Waals surface area contributed by atoms with Gasteiger partial charge in [-0.05, 0) is 0 Å². The summed E-state index contributed by atoms with van der Waals surface area (Å²) < 4.78 is 25.7. The zero-order valence-electron chi connectivity index (χ0n) is 6.46. The summed E-state index contributed by atoms with van der Waals surface area (Å²) in [6, 6.07) is 2.98. The lowest BCUT2D eigenvalue weighted by Gasteiger charge is -2.19. The molecule has 0 atom stereocenters.